The molecule has 0 aliphatic heterocycles. The molecular weight excluding hydrogens is 322 g/mol. The standard InChI is InChI=1S/C16H16ClNO3S/c1-11-4-5-12(9-14(11)17)18-15(19)10-21-16(20)7-6-13-3-2-8-22-13/h2-5,8-9H,6-7,10H2,1H3,(H,18,19). The van der Waals surface area contributed by atoms with E-state index in [1.54, 1.807) is 23.5 Å². The highest BCUT2D eigenvalue weighted by atomic mass is 35.5. The summed E-state index contributed by atoms with van der Waals surface area (Å²) in [6.45, 7) is 1.58. The van der Waals surface area contributed by atoms with Gasteiger partial charge >= 0.3 is 5.97 Å². The smallest absolute Gasteiger partial charge is 0.306 e. The minimum Gasteiger partial charge on any atom is -0.456 e. The Balaban J connectivity index is 1.72. The van der Waals surface area contributed by atoms with Crippen molar-refractivity contribution in [3.8, 4) is 0 Å². The number of thiophene rings is 1. The number of hydrogen-bond donors (Lipinski definition) is 1. The van der Waals surface area contributed by atoms with Crippen LogP contribution in [0.4, 0.5) is 5.69 Å². The highest BCUT2D eigenvalue weighted by Gasteiger charge is 2.09. The summed E-state index contributed by atoms with van der Waals surface area (Å²) < 4.78 is 4.95. The van der Waals surface area contributed by atoms with Crippen molar-refractivity contribution < 1.29 is 14.3 Å². The van der Waals surface area contributed by atoms with E-state index in [0.717, 1.165) is 10.4 Å². The van der Waals surface area contributed by atoms with Gasteiger partial charge in [-0.15, -0.1) is 11.3 Å². The highest BCUT2D eigenvalue weighted by molar-refractivity contribution is 7.09. The Morgan fingerprint density at radius 2 is 2.14 bits per heavy atom. The summed E-state index contributed by atoms with van der Waals surface area (Å²) in [5.41, 5.74) is 1.51. The van der Waals surface area contributed by atoms with Crippen LogP contribution in [-0.2, 0) is 20.7 Å². The zero-order valence-corrected chi connectivity index (χ0v) is 13.7. The molecule has 1 heterocycles. The van der Waals surface area contributed by atoms with Gasteiger partial charge in [-0.25, -0.2) is 0 Å². The van der Waals surface area contributed by atoms with Crippen molar-refractivity contribution in [2.75, 3.05) is 11.9 Å². The van der Waals surface area contributed by atoms with Gasteiger partial charge in [0.05, 0.1) is 6.42 Å². The fourth-order valence-electron chi connectivity index (χ4n) is 1.77. The SMILES string of the molecule is Cc1ccc(NC(=O)COC(=O)CCc2cccs2)cc1Cl. The number of rotatable bonds is 6. The van der Waals surface area contributed by atoms with Crippen LogP contribution >= 0.6 is 22.9 Å². The third-order valence-corrected chi connectivity index (χ3v) is 4.32. The van der Waals surface area contributed by atoms with E-state index in [2.05, 4.69) is 5.32 Å². The first kappa shape index (κ1) is 16.5. The summed E-state index contributed by atoms with van der Waals surface area (Å²) >= 11 is 7.57. The van der Waals surface area contributed by atoms with E-state index in [1.165, 1.54) is 0 Å². The molecule has 0 fully saturated rings. The number of halogens is 1. The van der Waals surface area contributed by atoms with Crippen LogP contribution in [0.2, 0.25) is 5.02 Å². The average Bonchev–Trinajstić information content (AvgIpc) is 3.00. The van der Waals surface area contributed by atoms with E-state index < -0.39 is 0 Å². The summed E-state index contributed by atoms with van der Waals surface area (Å²) in [4.78, 5) is 24.4. The van der Waals surface area contributed by atoms with E-state index >= 15 is 0 Å². The number of nitrogens with one attached hydrogen (secondary N) is 1. The Morgan fingerprint density at radius 3 is 2.82 bits per heavy atom. The van der Waals surface area contributed by atoms with Crippen molar-refractivity contribution in [3.63, 3.8) is 0 Å². The van der Waals surface area contributed by atoms with Gasteiger partial charge in [-0.1, -0.05) is 23.7 Å². The maximum absolute atomic E-state index is 11.7. The van der Waals surface area contributed by atoms with Gasteiger partial charge in [-0.3, -0.25) is 9.59 Å². The van der Waals surface area contributed by atoms with Gasteiger partial charge in [-0.05, 0) is 42.5 Å². The monoisotopic (exact) mass is 337 g/mol. The van der Waals surface area contributed by atoms with Crippen LogP contribution in [0, 0.1) is 6.92 Å². The number of anilines is 1. The molecule has 0 aliphatic carbocycles. The summed E-state index contributed by atoms with van der Waals surface area (Å²) in [7, 11) is 0. The number of esters is 1. The lowest BCUT2D eigenvalue weighted by atomic mass is 10.2. The summed E-state index contributed by atoms with van der Waals surface area (Å²) in [5, 5.41) is 5.17. The highest BCUT2D eigenvalue weighted by Crippen LogP contribution is 2.19. The first-order chi connectivity index (χ1) is 10.5. The number of carbonyl (C=O) groups excluding carboxylic acids is 2. The zero-order valence-electron chi connectivity index (χ0n) is 12.1. The average molecular weight is 338 g/mol. The molecule has 4 nitrogen and oxygen atoms in total. The molecule has 0 spiro atoms. The Hall–Kier alpha value is -1.85. The van der Waals surface area contributed by atoms with Gasteiger partial charge in [0.1, 0.15) is 0 Å². The van der Waals surface area contributed by atoms with Crippen LogP contribution in [0.15, 0.2) is 35.7 Å². The maximum Gasteiger partial charge on any atom is 0.306 e. The predicted molar refractivity (Wildman–Crippen MR) is 88.4 cm³/mol. The van der Waals surface area contributed by atoms with Crippen LogP contribution < -0.4 is 5.32 Å². The van der Waals surface area contributed by atoms with Crippen LogP contribution in [0.1, 0.15) is 16.9 Å². The Kier molecular flexibility index (Phi) is 5.98. The molecular formula is C16H16ClNO3S. The van der Waals surface area contributed by atoms with Gasteiger partial charge < -0.3 is 10.1 Å². The Morgan fingerprint density at radius 1 is 1.32 bits per heavy atom. The quantitative estimate of drug-likeness (QED) is 0.815. The van der Waals surface area contributed by atoms with Gasteiger partial charge in [0.25, 0.3) is 5.91 Å². The molecule has 0 saturated carbocycles. The zero-order chi connectivity index (χ0) is 15.9. The fourth-order valence-corrected chi connectivity index (χ4v) is 2.66. The molecule has 0 saturated heterocycles. The molecule has 1 aromatic carbocycles. The number of amides is 1. The second kappa shape index (κ2) is 7.96. The Bertz CT molecular complexity index is 655. The normalized spacial score (nSPS) is 10.3. The van der Waals surface area contributed by atoms with Crippen molar-refractivity contribution in [2.24, 2.45) is 0 Å². The third-order valence-electron chi connectivity index (χ3n) is 2.98. The molecule has 0 unspecified atom stereocenters. The van der Waals surface area contributed by atoms with Gasteiger partial charge in [0, 0.05) is 15.6 Å². The molecule has 2 aromatic rings. The lowest BCUT2D eigenvalue weighted by Gasteiger charge is -2.07. The molecule has 0 radical (unpaired) electrons. The molecule has 0 aliphatic rings. The van der Waals surface area contributed by atoms with Crippen LogP contribution in [0.5, 0.6) is 0 Å². The van der Waals surface area contributed by atoms with Gasteiger partial charge in [0.15, 0.2) is 6.61 Å². The van der Waals surface area contributed by atoms with Crippen molar-refractivity contribution in [2.45, 2.75) is 19.8 Å². The lowest BCUT2D eigenvalue weighted by Crippen LogP contribution is -2.21. The van der Waals surface area contributed by atoms with E-state index in [4.69, 9.17) is 16.3 Å². The van der Waals surface area contributed by atoms with E-state index in [0.29, 0.717) is 17.1 Å². The molecule has 1 aromatic heterocycles. The van der Waals surface area contributed by atoms with Gasteiger partial charge in [0.2, 0.25) is 0 Å². The lowest BCUT2D eigenvalue weighted by molar-refractivity contribution is -0.147. The molecule has 0 atom stereocenters. The van der Waals surface area contributed by atoms with E-state index in [-0.39, 0.29) is 24.9 Å². The number of carbonyl (C=O) groups is 2. The van der Waals surface area contributed by atoms with Crippen LogP contribution in [-0.4, -0.2) is 18.5 Å². The number of aryl methyl sites for hydroxylation is 2. The minimum atomic E-state index is -0.385. The predicted octanol–water partition coefficient (Wildman–Crippen LogP) is 3.82. The molecule has 116 valence electrons. The number of ether oxygens (including phenoxy) is 1. The first-order valence-corrected chi connectivity index (χ1v) is 8.04. The molecule has 22 heavy (non-hydrogen) atoms. The molecule has 1 N–H and O–H groups in total. The van der Waals surface area contributed by atoms with Gasteiger partial charge in [-0.2, -0.15) is 0 Å². The topological polar surface area (TPSA) is 55.4 Å². The van der Waals surface area contributed by atoms with Crippen molar-refractivity contribution in [3.05, 3.63) is 51.2 Å². The largest absolute Gasteiger partial charge is 0.456 e. The van der Waals surface area contributed by atoms with Crippen molar-refractivity contribution >= 4 is 40.5 Å². The molecule has 0 bridgehead atoms. The molecule has 2 rings (SSSR count). The van der Waals surface area contributed by atoms with E-state index in [9.17, 15) is 9.59 Å². The fraction of sp³-hybridized carbons (Fsp3) is 0.250. The number of benzene rings is 1. The second-order valence-corrected chi connectivity index (χ2v) is 6.19. The van der Waals surface area contributed by atoms with E-state index in [1.807, 2.05) is 30.5 Å². The molecule has 6 heteroatoms. The van der Waals surface area contributed by atoms with Crippen LogP contribution in [0.25, 0.3) is 0 Å². The van der Waals surface area contributed by atoms with Crippen molar-refractivity contribution in [1.29, 1.82) is 0 Å². The maximum atomic E-state index is 11.7. The first-order valence-electron chi connectivity index (χ1n) is 6.78. The molecule has 1 amide bonds. The van der Waals surface area contributed by atoms with Crippen molar-refractivity contribution in [1.82, 2.24) is 0 Å². The summed E-state index contributed by atoms with van der Waals surface area (Å²) in [5.74, 6) is -0.769. The summed E-state index contributed by atoms with van der Waals surface area (Å²) in [6, 6.07) is 9.12. The number of hydrogen-bond acceptors (Lipinski definition) is 4. The van der Waals surface area contributed by atoms with Crippen LogP contribution in [0.3, 0.4) is 0 Å². The Labute approximate surface area is 138 Å². The summed E-state index contributed by atoms with van der Waals surface area (Å²) in [6.07, 6.45) is 0.899. The minimum absolute atomic E-state index is 0.268. The second-order valence-electron chi connectivity index (χ2n) is 4.75. The third kappa shape index (κ3) is 5.16.